The third kappa shape index (κ3) is 6.04. The number of rotatable bonds is 6. The zero-order valence-corrected chi connectivity index (χ0v) is 17.2. The average Bonchev–Trinajstić information content (AvgIpc) is 2.70. The van der Waals surface area contributed by atoms with Gasteiger partial charge in [-0.1, -0.05) is 40.3 Å². The number of ether oxygens (including phenoxy) is 2. The SMILES string of the molecule is CCOC(=O)N(/N=C(/C(=O)c1ccc(Cl)cc1)c1ccc(Cl)cc1)C(=O)OCC. The number of halogens is 2. The maximum atomic E-state index is 13.1. The fourth-order valence-electron chi connectivity index (χ4n) is 2.21. The molecule has 0 aliphatic carbocycles. The van der Waals surface area contributed by atoms with E-state index in [9.17, 15) is 14.4 Å². The number of imide groups is 1. The van der Waals surface area contributed by atoms with E-state index in [0.29, 0.717) is 20.6 Å². The van der Waals surface area contributed by atoms with Gasteiger partial charge in [-0.15, -0.1) is 0 Å². The smallest absolute Gasteiger partial charge is 0.440 e. The standard InChI is InChI=1S/C20H18Cl2N2O5/c1-3-28-19(26)24(20(27)29-4-2)23-17(13-5-9-15(21)10-6-13)18(25)14-7-11-16(22)12-8-14/h5-12H,3-4H2,1-2H3/b23-17+. The van der Waals surface area contributed by atoms with Crippen LogP contribution >= 0.6 is 23.2 Å². The third-order valence-corrected chi connectivity index (χ3v) is 4.02. The van der Waals surface area contributed by atoms with Crippen molar-refractivity contribution in [3.63, 3.8) is 0 Å². The molecule has 152 valence electrons. The topological polar surface area (TPSA) is 85.3 Å². The molecule has 0 bridgehead atoms. The van der Waals surface area contributed by atoms with Gasteiger partial charge in [-0.2, -0.15) is 5.10 Å². The van der Waals surface area contributed by atoms with Crippen LogP contribution in [0.4, 0.5) is 9.59 Å². The Hall–Kier alpha value is -2.90. The number of hydrazone groups is 1. The first-order chi connectivity index (χ1) is 13.9. The third-order valence-electron chi connectivity index (χ3n) is 3.52. The van der Waals surface area contributed by atoms with Crippen molar-refractivity contribution in [2.24, 2.45) is 5.10 Å². The van der Waals surface area contributed by atoms with Crippen molar-refractivity contribution in [3.05, 3.63) is 69.7 Å². The van der Waals surface area contributed by atoms with E-state index in [4.69, 9.17) is 32.7 Å². The van der Waals surface area contributed by atoms with Crippen LogP contribution in [-0.4, -0.2) is 41.9 Å². The molecule has 2 amide bonds. The molecule has 2 rings (SSSR count). The number of carbonyl (C=O) groups is 3. The van der Waals surface area contributed by atoms with Gasteiger partial charge in [0, 0.05) is 21.2 Å². The number of ketones is 1. The zero-order valence-electron chi connectivity index (χ0n) is 15.7. The minimum Gasteiger partial charge on any atom is -0.448 e. The first-order valence-electron chi connectivity index (χ1n) is 8.65. The molecule has 9 heteroatoms. The van der Waals surface area contributed by atoms with Crippen LogP contribution in [0, 0.1) is 0 Å². The zero-order chi connectivity index (χ0) is 21.4. The van der Waals surface area contributed by atoms with E-state index in [1.165, 1.54) is 12.1 Å². The van der Waals surface area contributed by atoms with E-state index in [-0.39, 0.29) is 24.5 Å². The lowest BCUT2D eigenvalue weighted by atomic mass is 10.0. The summed E-state index contributed by atoms with van der Waals surface area (Å²) < 4.78 is 9.72. The van der Waals surface area contributed by atoms with Gasteiger partial charge in [0.1, 0.15) is 5.71 Å². The van der Waals surface area contributed by atoms with E-state index in [2.05, 4.69) is 5.10 Å². The Balaban J connectivity index is 2.57. The summed E-state index contributed by atoms with van der Waals surface area (Å²) in [5.41, 5.74) is 0.425. The molecule has 0 heterocycles. The monoisotopic (exact) mass is 436 g/mol. The number of hydrogen-bond acceptors (Lipinski definition) is 6. The highest BCUT2D eigenvalue weighted by Gasteiger charge is 2.27. The lowest BCUT2D eigenvalue weighted by molar-refractivity contribution is 0.0823. The molecule has 0 aromatic heterocycles. The quantitative estimate of drug-likeness (QED) is 0.353. The van der Waals surface area contributed by atoms with E-state index < -0.39 is 18.0 Å². The molecule has 29 heavy (non-hydrogen) atoms. The summed E-state index contributed by atoms with van der Waals surface area (Å²) >= 11 is 11.8. The number of hydrogen-bond donors (Lipinski definition) is 0. The van der Waals surface area contributed by atoms with Gasteiger partial charge in [0.15, 0.2) is 0 Å². The summed E-state index contributed by atoms with van der Waals surface area (Å²) in [5.74, 6) is -0.539. The van der Waals surface area contributed by atoms with Crippen LogP contribution in [0.15, 0.2) is 53.6 Å². The van der Waals surface area contributed by atoms with Crippen LogP contribution in [0.25, 0.3) is 0 Å². The predicted molar refractivity (Wildman–Crippen MR) is 110 cm³/mol. The van der Waals surface area contributed by atoms with Gasteiger partial charge >= 0.3 is 12.2 Å². The molecule has 2 aromatic carbocycles. The van der Waals surface area contributed by atoms with Crippen LogP contribution in [0.2, 0.25) is 10.0 Å². The molecular weight excluding hydrogens is 419 g/mol. The Labute approximate surface area is 177 Å². The fraction of sp³-hybridized carbons (Fsp3) is 0.200. The van der Waals surface area contributed by atoms with Crippen molar-refractivity contribution in [3.8, 4) is 0 Å². The van der Waals surface area contributed by atoms with Gasteiger partial charge in [0.05, 0.1) is 13.2 Å². The van der Waals surface area contributed by atoms with E-state index in [1.807, 2.05) is 0 Å². The Morgan fingerprint density at radius 2 is 1.21 bits per heavy atom. The van der Waals surface area contributed by atoms with Gasteiger partial charge in [-0.25, -0.2) is 9.59 Å². The number of benzene rings is 2. The van der Waals surface area contributed by atoms with E-state index in [0.717, 1.165) is 0 Å². The second-order valence-electron chi connectivity index (χ2n) is 5.50. The summed E-state index contributed by atoms with van der Waals surface area (Å²) in [6.45, 7) is 3.16. The maximum absolute atomic E-state index is 13.1. The largest absolute Gasteiger partial charge is 0.448 e. The minimum absolute atomic E-state index is 0.00562. The normalized spacial score (nSPS) is 11.0. The van der Waals surface area contributed by atoms with Gasteiger partial charge in [-0.3, -0.25) is 4.79 Å². The van der Waals surface area contributed by atoms with Crippen LogP contribution in [0.1, 0.15) is 29.8 Å². The second kappa shape index (κ2) is 10.6. The molecule has 0 unspecified atom stereocenters. The van der Waals surface area contributed by atoms with Crippen molar-refractivity contribution < 1.29 is 23.9 Å². The number of Topliss-reactive ketones (excluding diaryl/α,β-unsaturated/α-hetero) is 1. The highest BCUT2D eigenvalue weighted by Crippen LogP contribution is 2.17. The molecule has 0 fully saturated rings. The van der Waals surface area contributed by atoms with Crippen molar-refractivity contribution in [1.29, 1.82) is 0 Å². The van der Waals surface area contributed by atoms with E-state index in [1.54, 1.807) is 50.2 Å². The second-order valence-corrected chi connectivity index (χ2v) is 6.37. The number of nitrogens with zero attached hydrogens (tertiary/aromatic N) is 2. The summed E-state index contributed by atoms with van der Waals surface area (Å²) in [6, 6.07) is 12.3. The van der Waals surface area contributed by atoms with Crippen molar-refractivity contribution in [1.82, 2.24) is 5.01 Å². The molecule has 0 saturated carbocycles. The van der Waals surface area contributed by atoms with Gasteiger partial charge in [0.25, 0.3) is 0 Å². The summed E-state index contributed by atoms with van der Waals surface area (Å²) in [4.78, 5) is 37.6. The Kier molecular flexibility index (Phi) is 8.18. The molecule has 2 aromatic rings. The van der Waals surface area contributed by atoms with Crippen LogP contribution < -0.4 is 0 Å². The molecular formula is C20H18Cl2N2O5. The highest BCUT2D eigenvalue weighted by atomic mass is 35.5. The Morgan fingerprint density at radius 1 is 0.793 bits per heavy atom. The van der Waals surface area contributed by atoms with Crippen LogP contribution in [-0.2, 0) is 9.47 Å². The highest BCUT2D eigenvalue weighted by molar-refractivity contribution is 6.51. The van der Waals surface area contributed by atoms with Crippen LogP contribution in [0.5, 0.6) is 0 Å². The van der Waals surface area contributed by atoms with E-state index >= 15 is 0 Å². The molecule has 0 N–H and O–H groups in total. The fourth-order valence-corrected chi connectivity index (χ4v) is 2.46. The first kappa shape index (κ1) is 22.4. The molecule has 0 aliphatic heterocycles. The molecule has 0 aliphatic rings. The number of carbonyl (C=O) groups excluding carboxylic acids is 3. The molecule has 0 saturated heterocycles. The lowest BCUT2D eigenvalue weighted by Crippen LogP contribution is -2.36. The predicted octanol–water partition coefficient (Wildman–Crippen LogP) is 5.20. The van der Waals surface area contributed by atoms with Gasteiger partial charge < -0.3 is 9.47 Å². The van der Waals surface area contributed by atoms with Crippen molar-refractivity contribution in [2.75, 3.05) is 13.2 Å². The molecule has 0 radical (unpaired) electrons. The van der Waals surface area contributed by atoms with Crippen molar-refractivity contribution in [2.45, 2.75) is 13.8 Å². The summed E-state index contributed by atoms with van der Waals surface area (Å²) in [5, 5.41) is 5.26. The van der Waals surface area contributed by atoms with Gasteiger partial charge in [0.2, 0.25) is 5.78 Å². The first-order valence-corrected chi connectivity index (χ1v) is 9.41. The lowest BCUT2D eigenvalue weighted by Gasteiger charge is -2.16. The van der Waals surface area contributed by atoms with Crippen LogP contribution in [0.3, 0.4) is 0 Å². The summed E-state index contributed by atoms with van der Waals surface area (Å²) in [7, 11) is 0. The van der Waals surface area contributed by atoms with Crippen molar-refractivity contribution >= 4 is 46.9 Å². The molecule has 0 atom stereocenters. The Morgan fingerprint density at radius 3 is 1.62 bits per heavy atom. The molecule has 0 spiro atoms. The maximum Gasteiger partial charge on any atom is 0.440 e. The minimum atomic E-state index is -1.07. The summed E-state index contributed by atoms with van der Waals surface area (Å²) in [6.07, 6.45) is -2.14. The Bertz CT molecular complexity index is 893. The molecule has 7 nitrogen and oxygen atoms in total. The number of amides is 2. The average molecular weight is 437 g/mol. The van der Waals surface area contributed by atoms with Gasteiger partial charge in [-0.05, 0) is 50.2 Å².